The van der Waals surface area contributed by atoms with Crippen LogP contribution >= 0.6 is 0 Å². The summed E-state index contributed by atoms with van der Waals surface area (Å²) in [5.74, 6) is 1.22. The third-order valence-electron chi connectivity index (χ3n) is 4.94. The van der Waals surface area contributed by atoms with E-state index in [0.29, 0.717) is 18.0 Å². The van der Waals surface area contributed by atoms with Crippen molar-refractivity contribution in [1.29, 1.82) is 0 Å². The quantitative estimate of drug-likeness (QED) is 0.869. The highest BCUT2D eigenvalue weighted by Crippen LogP contribution is 2.35. The minimum absolute atomic E-state index is 0.0427. The number of aromatic nitrogens is 2. The molecule has 1 saturated carbocycles. The van der Waals surface area contributed by atoms with Gasteiger partial charge in [0.05, 0.1) is 12.0 Å². The van der Waals surface area contributed by atoms with Crippen molar-refractivity contribution >= 4 is 0 Å². The van der Waals surface area contributed by atoms with Crippen molar-refractivity contribution in [1.82, 2.24) is 20.2 Å². The highest BCUT2D eigenvalue weighted by Gasteiger charge is 2.33. The van der Waals surface area contributed by atoms with Gasteiger partial charge >= 0.3 is 0 Å². The molecule has 0 unspecified atom stereocenters. The lowest BCUT2D eigenvalue weighted by molar-refractivity contribution is 0.158. The zero-order valence-corrected chi connectivity index (χ0v) is 13.7. The lowest BCUT2D eigenvalue weighted by atomic mass is 9.77. The van der Waals surface area contributed by atoms with Crippen molar-refractivity contribution in [2.45, 2.75) is 57.5 Å². The van der Waals surface area contributed by atoms with Crippen LogP contribution in [0.1, 0.15) is 51.1 Å². The summed E-state index contributed by atoms with van der Waals surface area (Å²) in [4.78, 5) is 20.8. The molecule has 0 spiro atoms. The molecule has 2 heterocycles. The molecule has 22 heavy (non-hydrogen) atoms. The van der Waals surface area contributed by atoms with E-state index in [1.54, 1.807) is 6.07 Å². The SMILES string of the molecule is CC(C)CN1CCC(NC2CC(c3cc(=O)[nH]cn3)C2)CC1. The van der Waals surface area contributed by atoms with Crippen LogP contribution in [0.25, 0.3) is 0 Å². The normalized spacial score (nSPS) is 27.0. The lowest BCUT2D eigenvalue weighted by Gasteiger charge is -2.41. The molecule has 1 saturated heterocycles. The van der Waals surface area contributed by atoms with E-state index in [-0.39, 0.29) is 5.56 Å². The summed E-state index contributed by atoms with van der Waals surface area (Å²) in [6, 6.07) is 2.92. The van der Waals surface area contributed by atoms with Crippen LogP contribution in [0.5, 0.6) is 0 Å². The summed E-state index contributed by atoms with van der Waals surface area (Å²) < 4.78 is 0. The van der Waals surface area contributed by atoms with E-state index in [1.165, 1.54) is 38.8 Å². The van der Waals surface area contributed by atoms with Gasteiger partial charge in [0.15, 0.2) is 0 Å². The minimum atomic E-state index is -0.0427. The van der Waals surface area contributed by atoms with E-state index in [1.807, 2.05) is 0 Å². The summed E-state index contributed by atoms with van der Waals surface area (Å²) in [5.41, 5.74) is 0.910. The van der Waals surface area contributed by atoms with Gasteiger partial charge in [0.25, 0.3) is 5.56 Å². The molecule has 1 aromatic heterocycles. The summed E-state index contributed by atoms with van der Waals surface area (Å²) >= 11 is 0. The molecule has 2 N–H and O–H groups in total. The molecule has 0 atom stereocenters. The van der Waals surface area contributed by atoms with Crippen LogP contribution < -0.4 is 10.9 Å². The number of hydrogen-bond acceptors (Lipinski definition) is 4. The number of nitrogens with one attached hydrogen (secondary N) is 2. The van der Waals surface area contributed by atoms with Gasteiger partial charge in [0.1, 0.15) is 0 Å². The fourth-order valence-corrected chi connectivity index (χ4v) is 3.73. The Labute approximate surface area is 132 Å². The van der Waals surface area contributed by atoms with Gasteiger partial charge < -0.3 is 15.2 Å². The van der Waals surface area contributed by atoms with Crippen LogP contribution in [0, 0.1) is 5.92 Å². The van der Waals surface area contributed by atoms with Gasteiger partial charge in [0, 0.05) is 30.6 Å². The smallest absolute Gasteiger partial charge is 0.250 e. The van der Waals surface area contributed by atoms with Crippen LogP contribution in [0.15, 0.2) is 17.2 Å². The maximum Gasteiger partial charge on any atom is 0.250 e. The monoisotopic (exact) mass is 304 g/mol. The molecule has 2 aliphatic rings. The third-order valence-corrected chi connectivity index (χ3v) is 4.94. The average molecular weight is 304 g/mol. The van der Waals surface area contributed by atoms with E-state index in [9.17, 15) is 4.79 Å². The Balaban J connectivity index is 1.39. The molecule has 3 rings (SSSR count). The molecule has 1 aliphatic heterocycles. The first kappa shape index (κ1) is 15.7. The van der Waals surface area contributed by atoms with E-state index in [2.05, 4.69) is 34.0 Å². The Morgan fingerprint density at radius 2 is 2.05 bits per heavy atom. The van der Waals surface area contributed by atoms with Gasteiger partial charge in [-0.15, -0.1) is 0 Å². The Morgan fingerprint density at radius 3 is 2.68 bits per heavy atom. The molecule has 5 heteroatoms. The molecule has 1 aliphatic carbocycles. The molecule has 5 nitrogen and oxygen atoms in total. The zero-order valence-electron chi connectivity index (χ0n) is 13.7. The molecule has 0 amide bonds. The molecule has 0 aromatic carbocycles. The van der Waals surface area contributed by atoms with Crippen molar-refractivity contribution in [3.8, 4) is 0 Å². The van der Waals surface area contributed by atoms with Crippen LogP contribution in [0.2, 0.25) is 0 Å². The van der Waals surface area contributed by atoms with Crippen LogP contribution in [0.4, 0.5) is 0 Å². The van der Waals surface area contributed by atoms with Crippen molar-refractivity contribution in [3.63, 3.8) is 0 Å². The largest absolute Gasteiger partial charge is 0.313 e. The summed E-state index contributed by atoms with van der Waals surface area (Å²) in [5, 5.41) is 3.80. The average Bonchev–Trinajstić information content (AvgIpc) is 2.43. The van der Waals surface area contributed by atoms with Crippen molar-refractivity contribution in [2.75, 3.05) is 19.6 Å². The van der Waals surface area contributed by atoms with Crippen molar-refractivity contribution in [2.24, 2.45) is 5.92 Å². The number of aromatic amines is 1. The Kier molecular flexibility index (Phi) is 4.93. The molecular weight excluding hydrogens is 276 g/mol. The first-order chi connectivity index (χ1) is 10.6. The van der Waals surface area contributed by atoms with Crippen molar-refractivity contribution in [3.05, 3.63) is 28.4 Å². The Morgan fingerprint density at radius 1 is 1.32 bits per heavy atom. The zero-order chi connectivity index (χ0) is 15.5. The summed E-state index contributed by atoms with van der Waals surface area (Å²) in [6.45, 7) is 8.26. The molecule has 0 radical (unpaired) electrons. The van der Waals surface area contributed by atoms with Gasteiger partial charge in [-0.1, -0.05) is 13.8 Å². The number of hydrogen-bond donors (Lipinski definition) is 2. The highest BCUT2D eigenvalue weighted by molar-refractivity contribution is 5.12. The predicted octanol–water partition coefficient (Wildman–Crippen LogP) is 1.73. The first-order valence-electron chi connectivity index (χ1n) is 8.63. The molecule has 2 fully saturated rings. The first-order valence-corrected chi connectivity index (χ1v) is 8.63. The number of rotatable bonds is 5. The minimum Gasteiger partial charge on any atom is -0.313 e. The second kappa shape index (κ2) is 6.92. The van der Waals surface area contributed by atoms with E-state index in [4.69, 9.17) is 0 Å². The number of nitrogens with zero attached hydrogens (tertiary/aromatic N) is 2. The van der Waals surface area contributed by atoms with Gasteiger partial charge in [-0.25, -0.2) is 4.98 Å². The molecular formula is C17H28N4O. The topological polar surface area (TPSA) is 61.0 Å². The van der Waals surface area contributed by atoms with E-state index < -0.39 is 0 Å². The highest BCUT2D eigenvalue weighted by atomic mass is 16.1. The van der Waals surface area contributed by atoms with E-state index in [0.717, 1.165) is 24.5 Å². The van der Waals surface area contributed by atoms with Gasteiger partial charge in [0.2, 0.25) is 0 Å². The summed E-state index contributed by atoms with van der Waals surface area (Å²) in [7, 11) is 0. The lowest BCUT2D eigenvalue weighted by Crippen LogP contribution is -2.50. The van der Waals surface area contributed by atoms with E-state index >= 15 is 0 Å². The van der Waals surface area contributed by atoms with Gasteiger partial charge in [-0.2, -0.15) is 0 Å². The number of likely N-dealkylation sites (tertiary alicyclic amines) is 1. The molecule has 0 bridgehead atoms. The van der Waals surface area contributed by atoms with Crippen LogP contribution in [-0.4, -0.2) is 46.6 Å². The fraction of sp³-hybridized carbons (Fsp3) is 0.765. The van der Waals surface area contributed by atoms with Crippen LogP contribution in [0.3, 0.4) is 0 Å². The Hall–Kier alpha value is -1.20. The maximum absolute atomic E-state index is 11.3. The second-order valence-electron chi connectivity index (χ2n) is 7.34. The van der Waals surface area contributed by atoms with Gasteiger partial charge in [-0.3, -0.25) is 4.79 Å². The van der Waals surface area contributed by atoms with Gasteiger partial charge in [-0.05, 0) is 44.7 Å². The fourth-order valence-electron chi connectivity index (χ4n) is 3.73. The van der Waals surface area contributed by atoms with Crippen molar-refractivity contribution < 1.29 is 0 Å². The molecule has 1 aromatic rings. The summed E-state index contributed by atoms with van der Waals surface area (Å²) in [6.07, 6.45) is 6.27. The van der Waals surface area contributed by atoms with Crippen LogP contribution in [-0.2, 0) is 0 Å². The maximum atomic E-state index is 11.3. The number of piperidine rings is 1. The predicted molar refractivity (Wildman–Crippen MR) is 88.1 cm³/mol. The standard InChI is InChI=1S/C17H28N4O/c1-12(2)10-21-5-3-14(4-6-21)20-15-7-13(8-15)16-9-17(22)19-11-18-16/h9,11-15,20H,3-8,10H2,1-2H3,(H,18,19,22). The second-order valence-corrected chi connectivity index (χ2v) is 7.34. The third kappa shape index (κ3) is 3.96. The Bertz CT molecular complexity index is 527. The number of H-pyrrole nitrogens is 1. The molecule has 122 valence electrons.